The lowest BCUT2D eigenvalue weighted by molar-refractivity contribution is -0.129. The molecule has 0 fully saturated rings. The molecular formula is C18H18N2O3. The van der Waals surface area contributed by atoms with Gasteiger partial charge < -0.3 is 5.32 Å². The molecule has 23 heavy (non-hydrogen) atoms. The second-order valence-electron chi connectivity index (χ2n) is 4.78. The van der Waals surface area contributed by atoms with Gasteiger partial charge in [-0.2, -0.15) is 0 Å². The first kappa shape index (κ1) is 16.5. The largest absolute Gasteiger partial charge is 0.355 e. The highest BCUT2D eigenvalue weighted by molar-refractivity contribution is 5.94. The molecule has 0 saturated carbocycles. The van der Waals surface area contributed by atoms with Crippen LogP contribution in [0.1, 0.15) is 21.5 Å². The molecule has 2 rings (SSSR count). The number of benzene rings is 2. The number of hydrogen-bond acceptors (Lipinski definition) is 3. The maximum absolute atomic E-state index is 11.6. The van der Waals surface area contributed by atoms with Gasteiger partial charge in [0.1, 0.15) is 0 Å². The molecule has 0 spiro atoms. The molecule has 0 aliphatic carbocycles. The quantitative estimate of drug-likeness (QED) is 0.635. The molecule has 0 saturated heterocycles. The number of hydrogen-bond donors (Lipinski definition) is 2. The molecule has 2 aromatic rings. The Morgan fingerprint density at radius 1 is 1.04 bits per heavy atom. The van der Waals surface area contributed by atoms with E-state index in [0.29, 0.717) is 12.2 Å². The van der Waals surface area contributed by atoms with Crippen molar-refractivity contribution in [1.29, 1.82) is 0 Å². The van der Waals surface area contributed by atoms with Crippen LogP contribution in [-0.4, -0.2) is 18.9 Å². The molecule has 2 aromatic carbocycles. The van der Waals surface area contributed by atoms with E-state index in [2.05, 4.69) is 10.8 Å². The molecule has 0 atom stereocenters. The molecule has 0 bridgehead atoms. The van der Waals surface area contributed by atoms with Crippen molar-refractivity contribution in [3.8, 4) is 0 Å². The summed E-state index contributed by atoms with van der Waals surface area (Å²) in [5.41, 5.74) is 4.71. The van der Waals surface area contributed by atoms with E-state index in [9.17, 15) is 9.59 Å². The predicted octanol–water partition coefficient (Wildman–Crippen LogP) is 2.31. The topological polar surface area (TPSA) is 67.4 Å². The van der Waals surface area contributed by atoms with Crippen molar-refractivity contribution in [2.24, 2.45) is 0 Å². The maximum atomic E-state index is 11.6. The molecule has 0 aromatic heterocycles. The summed E-state index contributed by atoms with van der Waals surface area (Å²) in [6.45, 7) is 0.307. The SMILES string of the molecule is CNC(=O)c1ccc(/C=C/C(=O)NOCc2ccccc2)cc1. The van der Waals surface area contributed by atoms with Crippen LogP contribution in [0.5, 0.6) is 0 Å². The Hall–Kier alpha value is -2.92. The summed E-state index contributed by atoms with van der Waals surface area (Å²) in [7, 11) is 1.58. The summed E-state index contributed by atoms with van der Waals surface area (Å²) in [6.07, 6.45) is 3.02. The van der Waals surface area contributed by atoms with Crippen LogP contribution in [0.15, 0.2) is 60.7 Å². The zero-order valence-electron chi connectivity index (χ0n) is 12.8. The van der Waals surface area contributed by atoms with Gasteiger partial charge in [0.2, 0.25) is 0 Å². The molecule has 0 aliphatic heterocycles. The number of nitrogens with one attached hydrogen (secondary N) is 2. The van der Waals surface area contributed by atoms with Gasteiger partial charge in [-0.3, -0.25) is 14.4 Å². The molecular weight excluding hydrogens is 292 g/mol. The van der Waals surface area contributed by atoms with Gasteiger partial charge in [-0.1, -0.05) is 42.5 Å². The van der Waals surface area contributed by atoms with Gasteiger partial charge in [0.05, 0.1) is 6.61 Å². The fraction of sp³-hybridized carbons (Fsp3) is 0.111. The van der Waals surface area contributed by atoms with E-state index in [1.165, 1.54) is 6.08 Å². The molecule has 0 heterocycles. The van der Waals surface area contributed by atoms with Gasteiger partial charge in [0.15, 0.2) is 0 Å². The molecule has 0 aliphatic rings. The van der Waals surface area contributed by atoms with Crippen LogP contribution in [0.25, 0.3) is 6.08 Å². The van der Waals surface area contributed by atoms with E-state index in [-0.39, 0.29) is 11.8 Å². The average Bonchev–Trinajstić information content (AvgIpc) is 2.60. The van der Waals surface area contributed by atoms with Crippen molar-refractivity contribution in [1.82, 2.24) is 10.8 Å². The van der Waals surface area contributed by atoms with Crippen molar-refractivity contribution >= 4 is 17.9 Å². The number of carbonyl (C=O) groups excluding carboxylic acids is 2. The first-order valence-corrected chi connectivity index (χ1v) is 7.15. The second kappa shape index (κ2) is 8.51. The van der Waals surface area contributed by atoms with E-state index >= 15 is 0 Å². The minimum Gasteiger partial charge on any atom is -0.355 e. The molecule has 2 amide bonds. The van der Waals surface area contributed by atoms with Crippen molar-refractivity contribution in [2.75, 3.05) is 7.05 Å². The Labute approximate surface area is 134 Å². The Kier molecular flexibility index (Phi) is 6.08. The molecule has 118 valence electrons. The number of rotatable bonds is 6. The summed E-state index contributed by atoms with van der Waals surface area (Å²) < 4.78 is 0. The number of amides is 2. The Balaban J connectivity index is 1.80. The molecule has 5 nitrogen and oxygen atoms in total. The van der Waals surface area contributed by atoms with Gasteiger partial charge in [0, 0.05) is 18.7 Å². The fourth-order valence-corrected chi connectivity index (χ4v) is 1.86. The van der Waals surface area contributed by atoms with Crippen molar-refractivity contribution in [3.63, 3.8) is 0 Å². The van der Waals surface area contributed by atoms with Gasteiger partial charge in [-0.05, 0) is 29.3 Å². The van der Waals surface area contributed by atoms with Crippen LogP contribution in [0.2, 0.25) is 0 Å². The molecule has 0 radical (unpaired) electrons. The zero-order chi connectivity index (χ0) is 16.5. The standard InChI is InChI=1S/C18H18N2O3/c1-19-18(22)16-10-7-14(8-11-16)9-12-17(21)20-23-13-15-5-3-2-4-6-15/h2-12H,13H2,1H3,(H,19,22)(H,20,21)/b12-9+. The third-order valence-electron chi connectivity index (χ3n) is 3.08. The number of hydroxylamine groups is 1. The predicted molar refractivity (Wildman–Crippen MR) is 88.2 cm³/mol. The monoisotopic (exact) mass is 310 g/mol. The van der Waals surface area contributed by atoms with Crippen molar-refractivity contribution in [2.45, 2.75) is 6.61 Å². The van der Waals surface area contributed by atoms with Crippen LogP contribution in [0.3, 0.4) is 0 Å². The summed E-state index contributed by atoms with van der Waals surface area (Å²) in [5.74, 6) is -0.496. The van der Waals surface area contributed by atoms with E-state index in [1.807, 2.05) is 30.3 Å². The average molecular weight is 310 g/mol. The highest BCUT2D eigenvalue weighted by Crippen LogP contribution is 2.06. The lowest BCUT2D eigenvalue weighted by Gasteiger charge is -2.03. The summed E-state index contributed by atoms with van der Waals surface area (Å²) in [4.78, 5) is 28.2. The third-order valence-corrected chi connectivity index (χ3v) is 3.08. The maximum Gasteiger partial charge on any atom is 0.267 e. The minimum absolute atomic E-state index is 0.146. The van der Waals surface area contributed by atoms with Crippen molar-refractivity contribution in [3.05, 3.63) is 77.4 Å². The van der Waals surface area contributed by atoms with Crippen molar-refractivity contribution < 1.29 is 14.4 Å². The van der Waals surface area contributed by atoms with Gasteiger partial charge >= 0.3 is 0 Å². The number of carbonyl (C=O) groups is 2. The van der Waals surface area contributed by atoms with Crippen LogP contribution in [0, 0.1) is 0 Å². The van der Waals surface area contributed by atoms with Gasteiger partial charge in [-0.15, -0.1) is 0 Å². The van der Waals surface area contributed by atoms with E-state index < -0.39 is 0 Å². The highest BCUT2D eigenvalue weighted by Gasteiger charge is 2.01. The lowest BCUT2D eigenvalue weighted by Crippen LogP contribution is -2.21. The van der Waals surface area contributed by atoms with E-state index in [4.69, 9.17) is 4.84 Å². The molecule has 5 heteroatoms. The smallest absolute Gasteiger partial charge is 0.267 e. The van der Waals surface area contributed by atoms with E-state index in [0.717, 1.165) is 11.1 Å². The van der Waals surface area contributed by atoms with Crippen LogP contribution < -0.4 is 10.8 Å². The summed E-state index contributed by atoms with van der Waals surface area (Å²) in [5, 5.41) is 2.55. The van der Waals surface area contributed by atoms with Gasteiger partial charge in [-0.25, -0.2) is 5.48 Å². The zero-order valence-corrected chi connectivity index (χ0v) is 12.8. The summed E-state index contributed by atoms with van der Waals surface area (Å²) >= 11 is 0. The van der Waals surface area contributed by atoms with Gasteiger partial charge in [0.25, 0.3) is 11.8 Å². The van der Waals surface area contributed by atoms with Crippen LogP contribution in [-0.2, 0) is 16.2 Å². The Morgan fingerprint density at radius 3 is 2.39 bits per heavy atom. The first-order chi connectivity index (χ1) is 11.2. The lowest BCUT2D eigenvalue weighted by atomic mass is 10.1. The highest BCUT2D eigenvalue weighted by atomic mass is 16.6. The van der Waals surface area contributed by atoms with E-state index in [1.54, 1.807) is 37.4 Å². The Morgan fingerprint density at radius 2 is 1.74 bits per heavy atom. The Bertz CT molecular complexity index is 679. The van der Waals surface area contributed by atoms with Crippen LogP contribution >= 0.6 is 0 Å². The second-order valence-corrected chi connectivity index (χ2v) is 4.78. The van der Waals surface area contributed by atoms with Crippen LogP contribution in [0.4, 0.5) is 0 Å². The first-order valence-electron chi connectivity index (χ1n) is 7.15. The summed E-state index contributed by atoms with van der Waals surface area (Å²) in [6, 6.07) is 16.5. The fourth-order valence-electron chi connectivity index (χ4n) is 1.86. The third kappa shape index (κ3) is 5.41. The molecule has 2 N–H and O–H groups in total. The normalized spacial score (nSPS) is 10.5. The molecule has 0 unspecified atom stereocenters. The minimum atomic E-state index is -0.351.